The number of phenolic OH excluding ortho intramolecular Hbond substituents is 1. The van der Waals surface area contributed by atoms with Gasteiger partial charge in [-0.1, -0.05) is 30.3 Å². The number of aliphatic imine (C=N–C) groups is 1. The van der Waals surface area contributed by atoms with E-state index in [0.29, 0.717) is 24.5 Å². The van der Waals surface area contributed by atoms with E-state index in [2.05, 4.69) is 9.98 Å². The van der Waals surface area contributed by atoms with Crippen LogP contribution < -0.4 is 9.47 Å². The molecule has 2 aromatic carbocycles. The van der Waals surface area contributed by atoms with Crippen molar-refractivity contribution in [1.82, 2.24) is 4.98 Å². The van der Waals surface area contributed by atoms with E-state index in [-0.39, 0.29) is 5.75 Å². The Balaban J connectivity index is 1.33. The van der Waals surface area contributed by atoms with Gasteiger partial charge in [-0.3, -0.25) is 9.98 Å². The molecule has 0 aliphatic carbocycles. The molecule has 1 aromatic heterocycles. The molecule has 0 fully saturated rings. The average Bonchev–Trinajstić information content (AvgIpc) is 2.77. The van der Waals surface area contributed by atoms with Gasteiger partial charge < -0.3 is 14.6 Å². The summed E-state index contributed by atoms with van der Waals surface area (Å²) in [5.41, 5.74) is 2.71. The van der Waals surface area contributed by atoms with Gasteiger partial charge in [0.1, 0.15) is 17.2 Å². The van der Waals surface area contributed by atoms with Crippen LogP contribution >= 0.6 is 0 Å². The maximum absolute atomic E-state index is 9.82. The molecule has 1 N–H and O–H groups in total. The summed E-state index contributed by atoms with van der Waals surface area (Å²) in [5.74, 6) is 1.69. The third-order valence-electron chi connectivity index (χ3n) is 4.47. The molecular formula is C24H26N2O3. The summed E-state index contributed by atoms with van der Waals surface area (Å²) in [5, 5.41) is 9.82. The average molecular weight is 390 g/mol. The van der Waals surface area contributed by atoms with Crippen molar-refractivity contribution in [3.05, 3.63) is 72.4 Å². The standard InChI is InChI=1S/C24H26N2O3/c1-28-21-11-13-24(27)20(16-21)17-25-14-6-3-7-15-29-22-10-12-23(26-18-22)19-8-4-2-5-9-19/h2,4-5,8-13,16-18,27H,3,6-7,14-15H2,1H3. The molecule has 0 amide bonds. The topological polar surface area (TPSA) is 63.9 Å². The molecule has 0 saturated carbocycles. The number of aromatic hydroxyl groups is 1. The van der Waals surface area contributed by atoms with Gasteiger partial charge in [-0.25, -0.2) is 0 Å². The van der Waals surface area contributed by atoms with Gasteiger partial charge in [0.05, 0.1) is 25.6 Å². The fourth-order valence-corrected chi connectivity index (χ4v) is 2.84. The van der Waals surface area contributed by atoms with Gasteiger partial charge >= 0.3 is 0 Å². The van der Waals surface area contributed by atoms with Gasteiger partial charge in [-0.15, -0.1) is 0 Å². The van der Waals surface area contributed by atoms with Crippen LogP contribution in [0.5, 0.6) is 17.2 Å². The zero-order valence-electron chi connectivity index (χ0n) is 16.6. The Morgan fingerprint density at radius 1 is 0.966 bits per heavy atom. The second kappa shape index (κ2) is 10.9. The van der Waals surface area contributed by atoms with Gasteiger partial charge in [0, 0.05) is 23.9 Å². The molecule has 3 rings (SSSR count). The molecule has 5 nitrogen and oxygen atoms in total. The molecule has 1 heterocycles. The van der Waals surface area contributed by atoms with Crippen LogP contribution in [-0.2, 0) is 0 Å². The monoisotopic (exact) mass is 390 g/mol. The Morgan fingerprint density at radius 2 is 1.79 bits per heavy atom. The molecule has 29 heavy (non-hydrogen) atoms. The largest absolute Gasteiger partial charge is 0.507 e. The van der Waals surface area contributed by atoms with Crippen LogP contribution in [0.25, 0.3) is 11.3 Å². The highest BCUT2D eigenvalue weighted by molar-refractivity contribution is 5.84. The molecular weight excluding hydrogens is 364 g/mol. The number of phenols is 1. The van der Waals surface area contributed by atoms with Gasteiger partial charge in [-0.2, -0.15) is 0 Å². The summed E-state index contributed by atoms with van der Waals surface area (Å²) >= 11 is 0. The molecule has 0 aliphatic heterocycles. The summed E-state index contributed by atoms with van der Waals surface area (Å²) in [6.07, 6.45) is 6.41. The number of hydrogen-bond acceptors (Lipinski definition) is 5. The van der Waals surface area contributed by atoms with Crippen molar-refractivity contribution in [2.24, 2.45) is 4.99 Å². The lowest BCUT2D eigenvalue weighted by Crippen LogP contribution is -1.98. The molecule has 0 bridgehead atoms. The molecule has 3 aromatic rings. The summed E-state index contributed by atoms with van der Waals surface area (Å²) in [7, 11) is 1.60. The molecule has 0 saturated heterocycles. The molecule has 5 heteroatoms. The molecule has 0 radical (unpaired) electrons. The summed E-state index contributed by atoms with van der Waals surface area (Å²) < 4.78 is 10.9. The van der Waals surface area contributed by atoms with Crippen LogP contribution in [0.1, 0.15) is 24.8 Å². The van der Waals surface area contributed by atoms with Crippen molar-refractivity contribution in [2.75, 3.05) is 20.3 Å². The first-order chi connectivity index (χ1) is 14.3. The number of hydrogen-bond donors (Lipinski definition) is 1. The van der Waals surface area contributed by atoms with Gasteiger partial charge in [0.2, 0.25) is 0 Å². The van der Waals surface area contributed by atoms with Gasteiger partial charge in [0.25, 0.3) is 0 Å². The number of methoxy groups -OCH3 is 1. The minimum atomic E-state index is 0.204. The quantitative estimate of drug-likeness (QED) is 0.385. The van der Waals surface area contributed by atoms with Crippen molar-refractivity contribution in [3.8, 4) is 28.5 Å². The highest BCUT2D eigenvalue weighted by atomic mass is 16.5. The van der Waals surface area contributed by atoms with Crippen LogP contribution in [0.15, 0.2) is 71.9 Å². The number of benzene rings is 2. The fourth-order valence-electron chi connectivity index (χ4n) is 2.84. The van der Waals surface area contributed by atoms with Gasteiger partial charge in [-0.05, 0) is 49.6 Å². The Hall–Kier alpha value is -3.34. The van der Waals surface area contributed by atoms with Crippen molar-refractivity contribution in [2.45, 2.75) is 19.3 Å². The van der Waals surface area contributed by atoms with E-state index in [0.717, 1.165) is 36.3 Å². The van der Waals surface area contributed by atoms with E-state index in [1.54, 1.807) is 37.7 Å². The maximum Gasteiger partial charge on any atom is 0.137 e. The highest BCUT2D eigenvalue weighted by Crippen LogP contribution is 2.21. The first-order valence-corrected chi connectivity index (χ1v) is 9.77. The highest BCUT2D eigenvalue weighted by Gasteiger charge is 2.01. The van der Waals surface area contributed by atoms with Crippen LogP contribution in [-0.4, -0.2) is 36.6 Å². The minimum absolute atomic E-state index is 0.204. The lowest BCUT2D eigenvalue weighted by Gasteiger charge is -2.06. The van der Waals surface area contributed by atoms with E-state index < -0.39 is 0 Å². The minimum Gasteiger partial charge on any atom is -0.507 e. The molecule has 150 valence electrons. The Kier molecular flexibility index (Phi) is 7.63. The third-order valence-corrected chi connectivity index (χ3v) is 4.47. The Bertz CT molecular complexity index is 909. The Labute approximate surface area is 171 Å². The summed E-state index contributed by atoms with van der Waals surface area (Å²) in [6, 6.07) is 19.1. The number of rotatable bonds is 10. The molecule has 0 atom stereocenters. The number of nitrogens with zero attached hydrogens (tertiary/aromatic N) is 2. The number of ether oxygens (including phenoxy) is 2. The van der Waals surface area contributed by atoms with E-state index in [1.165, 1.54) is 0 Å². The number of pyridine rings is 1. The van der Waals surface area contributed by atoms with Crippen molar-refractivity contribution >= 4 is 6.21 Å². The second-order valence-corrected chi connectivity index (χ2v) is 6.61. The van der Waals surface area contributed by atoms with Gasteiger partial charge in [0.15, 0.2) is 0 Å². The van der Waals surface area contributed by atoms with Crippen LogP contribution in [0, 0.1) is 0 Å². The smallest absolute Gasteiger partial charge is 0.137 e. The number of unbranched alkanes of at least 4 members (excludes halogenated alkanes) is 2. The third kappa shape index (κ3) is 6.35. The zero-order chi connectivity index (χ0) is 20.3. The van der Waals surface area contributed by atoms with E-state index in [4.69, 9.17) is 9.47 Å². The van der Waals surface area contributed by atoms with Crippen LogP contribution in [0.4, 0.5) is 0 Å². The van der Waals surface area contributed by atoms with Crippen LogP contribution in [0.2, 0.25) is 0 Å². The second-order valence-electron chi connectivity index (χ2n) is 6.61. The van der Waals surface area contributed by atoms with E-state index in [1.807, 2.05) is 42.5 Å². The summed E-state index contributed by atoms with van der Waals surface area (Å²) in [6.45, 7) is 1.37. The number of aromatic nitrogens is 1. The lowest BCUT2D eigenvalue weighted by molar-refractivity contribution is 0.304. The zero-order valence-corrected chi connectivity index (χ0v) is 16.6. The SMILES string of the molecule is COc1ccc(O)c(C=NCCCCCOc2ccc(-c3ccccc3)nc2)c1. The van der Waals surface area contributed by atoms with E-state index in [9.17, 15) is 5.11 Å². The predicted octanol–water partition coefficient (Wildman–Crippen LogP) is 5.13. The molecule has 0 aliphatic rings. The predicted molar refractivity (Wildman–Crippen MR) is 116 cm³/mol. The maximum atomic E-state index is 9.82. The molecule has 0 unspecified atom stereocenters. The first kappa shape index (κ1) is 20.4. The van der Waals surface area contributed by atoms with Crippen molar-refractivity contribution < 1.29 is 14.6 Å². The van der Waals surface area contributed by atoms with E-state index >= 15 is 0 Å². The molecule has 0 spiro atoms. The van der Waals surface area contributed by atoms with Crippen molar-refractivity contribution in [3.63, 3.8) is 0 Å². The lowest BCUT2D eigenvalue weighted by atomic mass is 10.1. The van der Waals surface area contributed by atoms with Crippen molar-refractivity contribution in [1.29, 1.82) is 0 Å². The normalized spacial score (nSPS) is 10.9. The van der Waals surface area contributed by atoms with Crippen LogP contribution in [0.3, 0.4) is 0 Å². The first-order valence-electron chi connectivity index (χ1n) is 9.77. The fraction of sp³-hybridized carbons (Fsp3) is 0.250. The summed E-state index contributed by atoms with van der Waals surface area (Å²) in [4.78, 5) is 8.84. The Morgan fingerprint density at radius 3 is 2.55 bits per heavy atom.